The van der Waals surface area contributed by atoms with Crippen molar-refractivity contribution < 1.29 is 17.2 Å². The third-order valence-electron chi connectivity index (χ3n) is 1.44. The largest absolute Gasteiger partial charge is 0.329 e. The molecule has 0 radical (unpaired) electrons. The lowest BCUT2D eigenvalue weighted by Gasteiger charge is -2.22. The van der Waals surface area contributed by atoms with Crippen LogP contribution in [-0.2, 0) is 10.2 Å². The molecule has 92 valence electrons. The Morgan fingerprint density at radius 1 is 1.40 bits per heavy atom. The van der Waals surface area contributed by atoms with Crippen molar-refractivity contribution in [3.8, 4) is 0 Å². The van der Waals surface area contributed by atoms with Gasteiger partial charge < -0.3 is 5.73 Å². The van der Waals surface area contributed by atoms with Gasteiger partial charge in [-0.15, -0.1) is 0 Å². The van der Waals surface area contributed by atoms with Crippen LogP contribution in [-0.4, -0.2) is 44.8 Å². The number of nitrogens with zero attached hydrogens (tertiary/aromatic N) is 1. The summed E-state index contributed by atoms with van der Waals surface area (Å²) < 4.78 is 50.1. The first-order valence-corrected chi connectivity index (χ1v) is 5.99. The molecule has 0 unspecified atom stereocenters. The van der Waals surface area contributed by atoms with Gasteiger partial charge in [-0.05, 0) is 13.8 Å². The highest BCUT2D eigenvalue weighted by atomic mass is 32.2. The fraction of sp³-hybridized carbons (Fsp3) is 1.00. The lowest BCUT2D eigenvalue weighted by molar-refractivity contribution is 0.120. The van der Waals surface area contributed by atoms with E-state index in [0.29, 0.717) is 4.31 Å². The van der Waals surface area contributed by atoms with Gasteiger partial charge in [0.05, 0.1) is 6.54 Å². The summed E-state index contributed by atoms with van der Waals surface area (Å²) in [7, 11) is -3.86. The van der Waals surface area contributed by atoms with Crippen LogP contribution in [0.4, 0.5) is 8.78 Å². The molecule has 0 aliphatic rings. The number of halogens is 2. The first-order valence-electron chi connectivity index (χ1n) is 4.55. The topological polar surface area (TPSA) is 75.4 Å². The van der Waals surface area contributed by atoms with E-state index in [4.69, 9.17) is 5.73 Å². The van der Waals surface area contributed by atoms with Gasteiger partial charge in [-0.1, -0.05) is 0 Å². The number of nitrogens with two attached hydrogens (primary N) is 1. The lowest BCUT2D eigenvalue weighted by Crippen LogP contribution is -2.47. The normalized spacial score (nSPS) is 13.1. The monoisotopic (exact) mass is 245 g/mol. The van der Waals surface area contributed by atoms with Crippen molar-refractivity contribution in [1.82, 2.24) is 9.03 Å². The molecule has 0 atom stereocenters. The van der Waals surface area contributed by atoms with Crippen LogP contribution in [0.15, 0.2) is 0 Å². The third-order valence-corrected chi connectivity index (χ3v) is 3.23. The molecule has 3 N–H and O–H groups in total. The third kappa shape index (κ3) is 5.98. The fourth-order valence-electron chi connectivity index (χ4n) is 0.980. The lowest BCUT2D eigenvalue weighted by atomic mass is 10.4. The Kier molecular flexibility index (Phi) is 6.18. The average Bonchev–Trinajstić information content (AvgIpc) is 2.00. The number of rotatable bonds is 7. The van der Waals surface area contributed by atoms with E-state index >= 15 is 0 Å². The highest BCUT2D eigenvalue weighted by Crippen LogP contribution is 2.03. The van der Waals surface area contributed by atoms with E-state index in [1.165, 1.54) is 0 Å². The molecule has 0 aliphatic carbocycles. The number of nitrogens with one attached hydrogen (secondary N) is 1. The van der Waals surface area contributed by atoms with E-state index in [2.05, 4.69) is 4.72 Å². The van der Waals surface area contributed by atoms with Crippen LogP contribution in [0.5, 0.6) is 0 Å². The van der Waals surface area contributed by atoms with Gasteiger partial charge in [0.15, 0.2) is 0 Å². The molecule has 15 heavy (non-hydrogen) atoms. The second kappa shape index (κ2) is 6.31. The SMILES string of the molecule is CC(C)NS(=O)(=O)N(CCN)CC(F)F. The smallest absolute Gasteiger partial charge is 0.279 e. The average molecular weight is 245 g/mol. The predicted molar refractivity (Wildman–Crippen MR) is 53.8 cm³/mol. The van der Waals surface area contributed by atoms with Crippen molar-refractivity contribution in [2.45, 2.75) is 26.3 Å². The zero-order chi connectivity index (χ0) is 12.1. The second-order valence-electron chi connectivity index (χ2n) is 3.32. The molecule has 0 heterocycles. The molecule has 5 nitrogen and oxygen atoms in total. The Bertz CT molecular complexity index is 269. The number of alkyl halides is 2. The van der Waals surface area contributed by atoms with Crippen LogP contribution in [0.2, 0.25) is 0 Å². The van der Waals surface area contributed by atoms with Crippen LogP contribution in [0.3, 0.4) is 0 Å². The maximum atomic E-state index is 12.1. The van der Waals surface area contributed by atoms with Gasteiger partial charge in [0.1, 0.15) is 0 Å². The van der Waals surface area contributed by atoms with Crippen molar-refractivity contribution in [3.05, 3.63) is 0 Å². The van der Waals surface area contributed by atoms with Crippen molar-refractivity contribution in [2.24, 2.45) is 5.73 Å². The molecule has 0 fully saturated rings. The highest BCUT2D eigenvalue weighted by molar-refractivity contribution is 7.87. The first kappa shape index (κ1) is 14.7. The zero-order valence-electron chi connectivity index (χ0n) is 8.78. The molecule has 0 aromatic rings. The number of hydrogen-bond donors (Lipinski definition) is 2. The molecule has 0 aromatic carbocycles. The molecular formula is C7H17F2N3O2S. The predicted octanol–water partition coefficient (Wildman–Crippen LogP) is -0.245. The Morgan fingerprint density at radius 2 is 1.93 bits per heavy atom. The van der Waals surface area contributed by atoms with E-state index in [1.807, 2.05) is 0 Å². The second-order valence-corrected chi connectivity index (χ2v) is 5.02. The van der Waals surface area contributed by atoms with Crippen molar-refractivity contribution in [3.63, 3.8) is 0 Å². The zero-order valence-corrected chi connectivity index (χ0v) is 9.60. The minimum atomic E-state index is -3.86. The van der Waals surface area contributed by atoms with Crippen LogP contribution in [0.1, 0.15) is 13.8 Å². The van der Waals surface area contributed by atoms with E-state index in [-0.39, 0.29) is 19.1 Å². The standard InChI is InChI=1S/C7H17F2N3O2S/c1-6(2)11-15(13,14)12(4-3-10)5-7(8)9/h6-7,11H,3-5,10H2,1-2H3. The Labute approximate surface area is 88.8 Å². The summed E-state index contributed by atoms with van der Waals surface area (Å²) in [6, 6.07) is -0.340. The summed E-state index contributed by atoms with van der Waals surface area (Å²) in [6.45, 7) is 2.28. The molecular weight excluding hydrogens is 228 g/mol. The first-order chi connectivity index (χ1) is 6.79. The molecule has 8 heteroatoms. The summed E-state index contributed by atoms with van der Waals surface area (Å²) in [6.07, 6.45) is -2.71. The van der Waals surface area contributed by atoms with Crippen molar-refractivity contribution in [1.29, 1.82) is 0 Å². The van der Waals surface area contributed by atoms with Crippen LogP contribution < -0.4 is 10.5 Å². The minimum Gasteiger partial charge on any atom is -0.329 e. The van der Waals surface area contributed by atoms with E-state index < -0.39 is 23.2 Å². The summed E-state index contributed by atoms with van der Waals surface area (Å²) >= 11 is 0. The molecule has 0 saturated carbocycles. The molecule has 0 aliphatic heterocycles. The summed E-state index contributed by atoms with van der Waals surface area (Å²) in [5, 5.41) is 0. The molecule has 0 saturated heterocycles. The van der Waals surface area contributed by atoms with Gasteiger partial charge in [-0.3, -0.25) is 0 Å². The Morgan fingerprint density at radius 3 is 2.27 bits per heavy atom. The van der Waals surface area contributed by atoms with Crippen molar-refractivity contribution in [2.75, 3.05) is 19.6 Å². The van der Waals surface area contributed by atoms with Crippen LogP contribution in [0.25, 0.3) is 0 Å². The summed E-state index contributed by atoms with van der Waals surface area (Å²) in [4.78, 5) is 0. The van der Waals surface area contributed by atoms with Crippen molar-refractivity contribution >= 4 is 10.2 Å². The van der Waals surface area contributed by atoms with Gasteiger partial charge in [0.2, 0.25) is 0 Å². The summed E-state index contributed by atoms with van der Waals surface area (Å²) in [5.74, 6) is 0. The maximum absolute atomic E-state index is 12.1. The van der Waals surface area contributed by atoms with E-state index in [9.17, 15) is 17.2 Å². The van der Waals surface area contributed by atoms with Gasteiger partial charge in [-0.25, -0.2) is 8.78 Å². The molecule has 0 bridgehead atoms. The summed E-state index contributed by atoms with van der Waals surface area (Å²) in [5.41, 5.74) is 5.15. The van der Waals surface area contributed by atoms with Gasteiger partial charge in [0.25, 0.3) is 16.6 Å². The minimum absolute atomic E-state index is 0.00568. The fourth-order valence-corrected chi connectivity index (χ4v) is 2.38. The van der Waals surface area contributed by atoms with E-state index in [1.54, 1.807) is 13.8 Å². The Balaban J connectivity index is 4.58. The highest BCUT2D eigenvalue weighted by Gasteiger charge is 2.24. The molecule has 0 aromatic heterocycles. The van der Waals surface area contributed by atoms with Gasteiger partial charge in [0, 0.05) is 19.1 Å². The molecule has 0 spiro atoms. The Hall–Kier alpha value is -0.310. The quantitative estimate of drug-likeness (QED) is 0.649. The molecule has 0 amide bonds. The van der Waals surface area contributed by atoms with E-state index in [0.717, 1.165) is 0 Å². The molecule has 0 rings (SSSR count). The van der Waals surface area contributed by atoms with Crippen LogP contribution in [0, 0.1) is 0 Å². The maximum Gasteiger partial charge on any atom is 0.279 e. The van der Waals surface area contributed by atoms with Gasteiger partial charge in [-0.2, -0.15) is 17.4 Å². The number of hydrogen-bond acceptors (Lipinski definition) is 3. The van der Waals surface area contributed by atoms with Gasteiger partial charge >= 0.3 is 0 Å². The van der Waals surface area contributed by atoms with Crippen LogP contribution >= 0.6 is 0 Å².